The van der Waals surface area contributed by atoms with Gasteiger partial charge in [-0.1, -0.05) is 12.1 Å². The summed E-state index contributed by atoms with van der Waals surface area (Å²) in [6.07, 6.45) is 1.41. The lowest BCUT2D eigenvalue weighted by atomic mass is 10.0. The van der Waals surface area contributed by atoms with E-state index in [1.807, 2.05) is 0 Å². The Balaban J connectivity index is 2.26. The van der Waals surface area contributed by atoms with Gasteiger partial charge in [0, 0.05) is 36.0 Å². The van der Waals surface area contributed by atoms with E-state index in [9.17, 15) is 16.8 Å². The molecule has 0 amide bonds. The minimum absolute atomic E-state index is 0.00965. The highest BCUT2D eigenvalue weighted by Crippen LogP contribution is 2.35. The normalized spacial score (nSPS) is 12.5. The van der Waals surface area contributed by atoms with Crippen molar-refractivity contribution < 1.29 is 16.8 Å². The fourth-order valence-electron chi connectivity index (χ4n) is 3.53. The average Bonchev–Trinajstić information content (AvgIpc) is 2.82. The fraction of sp³-hybridized carbons (Fsp3) is 0.333. The number of anilines is 1. The van der Waals surface area contributed by atoms with Crippen LogP contribution < -0.4 is 17.2 Å². The summed E-state index contributed by atoms with van der Waals surface area (Å²) >= 11 is 0. The lowest BCUT2D eigenvalue weighted by Gasteiger charge is -2.17. The minimum atomic E-state index is -3.66. The molecule has 6 N–H and O–H groups in total. The van der Waals surface area contributed by atoms with Gasteiger partial charge in [-0.2, -0.15) is 0 Å². The first-order valence-corrected chi connectivity index (χ1v) is 14.2. The van der Waals surface area contributed by atoms with Gasteiger partial charge in [0.1, 0.15) is 5.82 Å². The van der Waals surface area contributed by atoms with Crippen molar-refractivity contribution in [3.8, 4) is 22.5 Å². The third-order valence-electron chi connectivity index (χ3n) is 5.76. The Morgan fingerprint density at radius 2 is 1.20 bits per heavy atom. The van der Waals surface area contributed by atoms with Crippen LogP contribution in [0.2, 0.25) is 0 Å². The maximum atomic E-state index is 13.0. The molecule has 3 aromatic rings. The number of rotatable bonds is 8. The molecule has 1 heterocycles. The third-order valence-corrected chi connectivity index (χ3v) is 10.2. The molecular formula is C24H31N5O4S2. The highest BCUT2D eigenvalue weighted by Gasteiger charge is 2.27. The van der Waals surface area contributed by atoms with Crippen LogP contribution in [0.15, 0.2) is 52.4 Å². The van der Waals surface area contributed by atoms with Crippen molar-refractivity contribution in [1.82, 2.24) is 9.97 Å². The molecule has 2 aromatic carbocycles. The topological polar surface area (TPSA) is 172 Å². The van der Waals surface area contributed by atoms with E-state index in [4.69, 9.17) is 17.2 Å². The van der Waals surface area contributed by atoms with Gasteiger partial charge in [-0.3, -0.25) is 0 Å². The Kier molecular flexibility index (Phi) is 7.65. The Morgan fingerprint density at radius 1 is 0.743 bits per heavy atom. The first-order valence-electron chi connectivity index (χ1n) is 11.1. The van der Waals surface area contributed by atoms with E-state index >= 15 is 0 Å². The highest BCUT2D eigenvalue weighted by atomic mass is 32.2. The molecule has 0 aliphatic heterocycles. The van der Waals surface area contributed by atoms with Gasteiger partial charge >= 0.3 is 0 Å². The van der Waals surface area contributed by atoms with Gasteiger partial charge in [0.25, 0.3) is 0 Å². The lowest BCUT2D eigenvalue weighted by Crippen LogP contribution is -2.16. The number of nitrogens with zero attached hydrogens (tertiary/aromatic N) is 2. The summed E-state index contributed by atoms with van der Waals surface area (Å²) in [6.45, 7) is 6.78. The molecule has 11 heteroatoms. The molecule has 1 aromatic heterocycles. The van der Waals surface area contributed by atoms with Crippen LogP contribution in [0.5, 0.6) is 0 Å². The van der Waals surface area contributed by atoms with Gasteiger partial charge in [0.2, 0.25) is 0 Å². The molecule has 3 rings (SSSR count). The average molecular weight is 518 g/mol. The molecule has 188 valence electrons. The zero-order chi connectivity index (χ0) is 26.1. The quantitative estimate of drug-likeness (QED) is 0.406. The van der Waals surface area contributed by atoms with Crippen molar-refractivity contribution in [3.63, 3.8) is 0 Å². The fourth-order valence-corrected chi connectivity index (χ4v) is 5.99. The number of nitrogens with two attached hydrogens (primary N) is 3. The molecule has 0 atom stereocenters. The van der Waals surface area contributed by atoms with Crippen LogP contribution in [0.1, 0.15) is 38.8 Å². The number of benzene rings is 2. The van der Waals surface area contributed by atoms with Crippen LogP contribution in [-0.4, -0.2) is 37.3 Å². The Bertz CT molecular complexity index is 1470. The minimum Gasteiger partial charge on any atom is -0.383 e. The van der Waals surface area contributed by atoms with E-state index < -0.39 is 30.2 Å². The van der Waals surface area contributed by atoms with Crippen LogP contribution in [-0.2, 0) is 32.8 Å². The predicted molar refractivity (Wildman–Crippen MR) is 138 cm³/mol. The monoisotopic (exact) mass is 517 g/mol. The summed E-state index contributed by atoms with van der Waals surface area (Å²) < 4.78 is 52.0. The van der Waals surface area contributed by atoms with Crippen molar-refractivity contribution in [1.29, 1.82) is 0 Å². The van der Waals surface area contributed by atoms with Crippen molar-refractivity contribution in [3.05, 3.63) is 53.7 Å². The first kappa shape index (κ1) is 26.7. The van der Waals surface area contributed by atoms with Crippen LogP contribution in [0.3, 0.4) is 0 Å². The maximum Gasteiger partial charge on any atom is 0.181 e. The van der Waals surface area contributed by atoms with Crippen LogP contribution >= 0.6 is 0 Å². The lowest BCUT2D eigenvalue weighted by molar-refractivity contribution is 0.586. The standard InChI is InChI=1S/C24H31N5O4S2/c1-14(2)34(30,31)21-7-5-16(11-25)9-18(21)20-13-28-24(29-23(20)27)19-10-17(12-26)6-8-22(19)35(32,33)15(3)4/h5-10,13-15H,11-12,25-26H2,1-4H3,(H2,27,28,29). The van der Waals surface area contributed by atoms with E-state index in [0.717, 1.165) is 0 Å². The molecule has 0 saturated heterocycles. The summed E-state index contributed by atoms with van der Waals surface area (Å²) in [6, 6.07) is 9.61. The molecule has 0 radical (unpaired) electrons. The maximum absolute atomic E-state index is 13.0. The van der Waals surface area contributed by atoms with Gasteiger partial charge < -0.3 is 17.2 Å². The Morgan fingerprint density at radius 3 is 1.63 bits per heavy atom. The molecule has 0 aliphatic rings. The van der Waals surface area contributed by atoms with E-state index in [1.54, 1.807) is 52.0 Å². The Labute approximate surface area is 206 Å². The zero-order valence-electron chi connectivity index (χ0n) is 20.2. The number of nitrogen functional groups attached to an aromatic ring is 1. The summed E-state index contributed by atoms with van der Waals surface area (Å²) in [5.74, 6) is 0.111. The Hall–Kier alpha value is -2.86. The second-order valence-corrected chi connectivity index (χ2v) is 13.7. The van der Waals surface area contributed by atoms with Gasteiger partial charge in [-0.25, -0.2) is 26.8 Å². The van der Waals surface area contributed by atoms with E-state index in [-0.39, 0.29) is 40.1 Å². The molecule has 0 fully saturated rings. The summed E-state index contributed by atoms with van der Waals surface area (Å²) in [4.78, 5) is 8.96. The van der Waals surface area contributed by atoms with Gasteiger partial charge in [0.05, 0.1) is 20.3 Å². The number of aromatic nitrogens is 2. The summed E-state index contributed by atoms with van der Waals surface area (Å²) in [5.41, 5.74) is 20.2. The van der Waals surface area contributed by atoms with Crippen LogP contribution in [0, 0.1) is 0 Å². The number of hydrogen-bond donors (Lipinski definition) is 3. The molecule has 0 aliphatic carbocycles. The first-order chi connectivity index (χ1) is 16.3. The second kappa shape index (κ2) is 10.0. The molecular weight excluding hydrogens is 486 g/mol. The summed E-state index contributed by atoms with van der Waals surface area (Å²) in [7, 11) is -7.30. The molecule has 0 saturated carbocycles. The summed E-state index contributed by atoms with van der Waals surface area (Å²) in [5, 5.41) is -1.32. The smallest absolute Gasteiger partial charge is 0.181 e. The zero-order valence-corrected chi connectivity index (χ0v) is 21.8. The molecule has 0 unspecified atom stereocenters. The highest BCUT2D eigenvalue weighted by molar-refractivity contribution is 7.92. The van der Waals surface area contributed by atoms with E-state index in [1.165, 1.54) is 18.3 Å². The predicted octanol–water partition coefficient (Wildman–Crippen LogP) is 2.67. The third kappa shape index (κ3) is 5.08. The largest absolute Gasteiger partial charge is 0.383 e. The van der Waals surface area contributed by atoms with Crippen molar-refractivity contribution in [2.24, 2.45) is 11.5 Å². The van der Waals surface area contributed by atoms with Crippen molar-refractivity contribution >= 4 is 25.5 Å². The molecule has 35 heavy (non-hydrogen) atoms. The second-order valence-electron chi connectivity index (χ2n) is 8.75. The van der Waals surface area contributed by atoms with Crippen LogP contribution in [0.4, 0.5) is 5.82 Å². The van der Waals surface area contributed by atoms with Crippen molar-refractivity contribution in [2.75, 3.05) is 5.73 Å². The van der Waals surface area contributed by atoms with Gasteiger partial charge in [-0.05, 0) is 63.1 Å². The SMILES string of the molecule is CC(C)S(=O)(=O)c1ccc(CN)cc1-c1ncc(-c2cc(CN)ccc2S(=O)(=O)C(C)C)c(N)n1. The van der Waals surface area contributed by atoms with Gasteiger partial charge in [0.15, 0.2) is 25.5 Å². The van der Waals surface area contributed by atoms with Crippen LogP contribution in [0.25, 0.3) is 22.5 Å². The number of hydrogen-bond acceptors (Lipinski definition) is 9. The molecule has 0 spiro atoms. The number of sulfone groups is 2. The van der Waals surface area contributed by atoms with E-state index in [0.29, 0.717) is 22.3 Å². The molecule has 0 bridgehead atoms. The van der Waals surface area contributed by atoms with Crippen molar-refractivity contribution in [2.45, 2.75) is 61.1 Å². The van der Waals surface area contributed by atoms with E-state index in [2.05, 4.69) is 9.97 Å². The van der Waals surface area contributed by atoms with Gasteiger partial charge in [-0.15, -0.1) is 0 Å². The molecule has 9 nitrogen and oxygen atoms in total.